The number of hydrogen-bond donors (Lipinski definition) is 4. The number of fused-ring (bicyclic) bond motifs is 5. The number of hydroxylamine groups is 1. The van der Waals surface area contributed by atoms with Gasteiger partial charge in [-0.05, 0) is 122 Å². The van der Waals surface area contributed by atoms with E-state index in [9.17, 15) is 9.90 Å². The van der Waals surface area contributed by atoms with Gasteiger partial charge in [0, 0.05) is 12.1 Å². The van der Waals surface area contributed by atoms with Crippen molar-refractivity contribution in [2.45, 2.75) is 97.6 Å². The van der Waals surface area contributed by atoms with Crippen LogP contribution in [0, 0.1) is 46.3 Å². The van der Waals surface area contributed by atoms with E-state index in [2.05, 4.69) is 26.1 Å². The van der Waals surface area contributed by atoms with Gasteiger partial charge in [-0.25, -0.2) is 5.48 Å². The van der Waals surface area contributed by atoms with Gasteiger partial charge in [0.25, 0.3) is 5.91 Å². The molecule has 4 aliphatic rings. The van der Waals surface area contributed by atoms with E-state index in [1.54, 1.807) is 17.6 Å². The van der Waals surface area contributed by atoms with E-state index >= 15 is 0 Å². The van der Waals surface area contributed by atoms with E-state index in [1.807, 2.05) is 12.1 Å². The second-order valence-electron chi connectivity index (χ2n) is 13.4. The van der Waals surface area contributed by atoms with Crippen LogP contribution in [-0.2, 0) is 6.54 Å². The van der Waals surface area contributed by atoms with Crippen LogP contribution in [0.15, 0.2) is 24.3 Å². The van der Waals surface area contributed by atoms with E-state index in [0.717, 1.165) is 42.8 Å². The van der Waals surface area contributed by atoms with Gasteiger partial charge in [-0.1, -0.05) is 45.7 Å². The average molecular weight is 497 g/mol. The lowest BCUT2D eigenvalue weighted by molar-refractivity contribution is -0.164. The molecular formula is C31H48N2O3. The second-order valence-corrected chi connectivity index (χ2v) is 13.4. The first kappa shape index (κ1) is 26.2. The largest absolute Gasteiger partial charge is 0.393 e. The van der Waals surface area contributed by atoms with Crippen molar-refractivity contribution in [2.75, 3.05) is 6.54 Å². The zero-order valence-corrected chi connectivity index (χ0v) is 22.6. The molecule has 0 aromatic heterocycles. The van der Waals surface area contributed by atoms with Crippen LogP contribution in [0.4, 0.5) is 0 Å². The van der Waals surface area contributed by atoms with E-state index in [4.69, 9.17) is 5.21 Å². The number of benzene rings is 1. The predicted octanol–water partition coefficient (Wildman–Crippen LogP) is 5.94. The molecule has 1 aromatic rings. The van der Waals surface area contributed by atoms with Crippen LogP contribution >= 0.6 is 0 Å². The van der Waals surface area contributed by atoms with Crippen LogP contribution in [0.1, 0.15) is 101 Å². The summed E-state index contributed by atoms with van der Waals surface area (Å²) in [6.07, 6.45) is 12.9. The molecule has 4 saturated carbocycles. The Hall–Kier alpha value is -1.43. The molecule has 5 heteroatoms. The summed E-state index contributed by atoms with van der Waals surface area (Å²) in [5.41, 5.74) is 4.13. The van der Waals surface area contributed by atoms with Gasteiger partial charge in [-0.2, -0.15) is 0 Å². The lowest BCUT2D eigenvalue weighted by Gasteiger charge is -2.62. The number of carbonyl (C=O) groups excluding carboxylic acids is 1. The van der Waals surface area contributed by atoms with Crippen LogP contribution in [0.2, 0.25) is 0 Å². The van der Waals surface area contributed by atoms with E-state index in [1.165, 1.54) is 57.8 Å². The molecule has 4 aliphatic carbocycles. The Balaban J connectivity index is 1.17. The first-order valence-electron chi connectivity index (χ1n) is 14.7. The molecule has 36 heavy (non-hydrogen) atoms. The molecule has 200 valence electrons. The van der Waals surface area contributed by atoms with Crippen LogP contribution in [0.3, 0.4) is 0 Å². The van der Waals surface area contributed by atoms with Gasteiger partial charge < -0.3 is 10.4 Å². The molecule has 0 aliphatic heterocycles. The molecule has 5 rings (SSSR count). The summed E-state index contributed by atoms with van der Waals surface area (Å²) in [7, 11) is 0. The van der Waals surface area contributed by atoms with Crippen molar-refractivity contribution in [3.05, 3.63) is 35.4 Å². The minimum atomic E-state index is -0.478. The highest BCUT2D eigenvalue weighted by molar-refractivity contribution is 5.93. The van der Waals surface area contributed by atoms with E-state index in [-0.39, 0.29) is 6.10 Å². The zero-order valence-electron chi connectivity index (χ0n) is 22.6. The monoisotopic (exact) mass is 496 g/mol. The Morgan fingerprint density at radius 3 is 2.53 bits per heavy atom. The van der Waals surface area contributed by atoms with Gasteiger partial charge >= 0.3 is 0 Å². The summed E-state index contributed by atoms with van der Waals surface area (Å²) in [6.45, 7) is 9.42. The highest BCUT2D eigenvalue weighted by Crippen LogP contribution is 2.68. The number of nitrogens with one attached hydrogen (secondary N) is 2. The third-order valence-electron chi connectivity index (χ3n) is 11.8. The SMILES string of the molecule is C[C@H](CCNCc1ccc(C(=O)NO)cc1)C1CCC2C3C(O)CC4CCCCC4(C)C3CCC21C. The van der Waals surface area contributed by atoms with E-state index in [0.29, 0.717) is 34.1 Å². The number of carbonyl (C=O) groups is 1. The van der Waals surface area contributed by atoms with Crippen molar-refractivity contribution >= 4 is 5.91 Å². The molecule has 1 amide bonds. The summed E-state index contributed by atoms with van der Waals surface area (Å²) in [5, 5.41) is 23.8. The van der Waals surface area contributed by atoms with Crippen molar-refractivity contribution in [3.63, 3.8) is 0 Å². The Bertz CT molecular complexity index is 919. The third kappa shape index (κ3) is 4.54. The highest BCUT2D eigenvalue weighted by Gasteiger charge is 2.62. The molecular weight excluding hydrogens is 448 g/mol. The quantitative estimate of drug-likeness (QED) is 0.214. The molecule has 4 N–H and O–H groups in total. The molecule has 0 heterocycles. The lowest BCUT2D eigenvalue weighted by Crippen LogP contribution is -2.57. The van der Waals surface area contributed by atoms with Crippen LogP contribution in [0.25, 0.3) is 0 Å². The van der Waals surface area contributed by atoms with E-state index < -0.39 is 5.91 Å². The number of aliphatic hydroxyl groups is 1. The summed E-state index contributed by atoms with van der Waals surface area (Å²) >= 11 is 0. The zero-order chi connectivity index (χ0) is 25.5. The minimum absolute atomic E-state index is 0.0821. The smallest absolute Gasteiger partial charge is 0.274 e. The van der Waals surface area contributed by atoms with Crippen molar-refractivity contribution < 1.29 is 15.1 Å². The molecule has 0 bridgehead atoms. The van der Waals surface area contributed by atoms with Gasteiger partial charge in [0.1, 0.15) is 0 Å². The maximum absolute atomic E-state index is 11.5. The number of hydrogen-bond acceptors (Lipinski definition) is 4. The van der Waals surface area contributed by atoms with Crippen molar-refractivity contribution in [2.24, 2.45) is 46.3 Å². The van der Waals surface area contributed by atoms with Gasteiger partial charge in [0.15, 0.2) is 0 Å². The molecule has 0 spiro atoms. The maximum atomic E-state index is 11.5. The predicted molar refractivity (Wildman–Crippen MR) is 142 cm³/mol. The Kier molecular flexibility index (Phi) is 7.55. The molecule has 0 saturated heterocycles. The summed E-state index contributed by atoms with van der Waals surface area (Å²) in [4.78, 5) is 11.5. The van der Waals surface area contributed by atoms with Crippen molar-refractivity contribution in [1.82, 2.24) is 10.8 Å². The van der Waals surface area contributed by atoms with Crippen LogP contribution < -0.4 is 10.8 Å². The Morgan fingerprint density at radius 2 is 1.78 bits per heavy atom. The minimum Gasteiger partial charge on any atom is -0.393 e. The second kappa shape index (κ2) is 10.4. The van der Waals surface area contributed by atoms with Gasteiger partial charge in [0.05, 0.1) is 6.10 Å². The van der Waals surface area contributed by atoms with Gasteiger partial charge in [-0.15, -0.1) is 0 Å². The fourth-order valence-corrected chi connectivity index (χ4v) is 9.83. The maximum Gasteiger partial charge on any atom is 0.274 e. The fourth-order valence-electron chi connectivity index (χ4n) is 9.83. The number of aliphatic hydroxyl groups excluding tert-OH is 1. The van der Waals surface area contributed by atoms with Gasteiger partial charge in [0.2, 0.25) is 0 Å². The molecule has 4 fully saturated rings. The Morgan fingerprint density at radius 1 is 1.03 bits per heavy atom. The molecule has 8 unspecified atom stereocenters. The van der Waals surface area contributed by atoms with Crippen molar-refractivity contribution in [1.29, 1.82) is 0 Å². The first-order valence-corrected chi connectivity index (χ1v) is 14.7. The van der Waals surface area contributed by atoms with Crippen LogP contribution in [-0.4, -0.2) is 28.9 Å². The third-order valence-corrected chi connectivity index (χ3v) is 11.8. The Labute approximate surface area is 217 Å². The average Bonchev–Trinajstić information content (AvgIpc) is 3.24. The normalized spacial score (nSPS) is 40.6. The highest BCUT2D eigenvalue weighted by atomic mass is 16.5. The molecule has 1 aromatic carbocycles. The summed E-state index contributed by atoms with van der Waals surface area (Å²) in [6, 6.07) is 7.37. The standard InChI is InChI=1S/C31H48N2O3/c1-20(14-17-32-19-21-7-9-22(10-8-21)29(35)33-36)24-11-12-25-28-26(13-16-31(24,25)3)30(2)15-5-4-6-23(30)18-27(28)34/h7-10,20,23-28,32,34,36H,4-6,11-19H2,1-3H3,(H,33,35)/t20-,23?,24?,25?,26?,27?,28?,30?,31?/m1/s1. The summed E-state index contributed by atoms with van der Waals surface area (Å²) in [5.74, 6) is 3.65. The first-order chi connectivity index (χ1) is 17.3. The topological polar surface area (TPSA) is 81.6 Å². The molecule has 9 atom stereocenters. The lowest BCUT2D eigenvalue weighted by atomic mass is 9.44. The molecule has 5 nitrogen and oxygen atoms in total. The van der Waals surface area contributed by atoms with Crippen molar-refractivity contribution in [3.8, 4) is 0 Å². The molecule has 0 radical (unpaired) electrons. The van der Waals surface area contributed by atoms with Crippen LogP contribution in [0.5, 0.6) is 0 Å². The number of rotatable bonds is 7. The number of amides is 1. The summed E-state index contributed by atoms with van der Waals surface area (Å²) < 4.78 is 0. The fraction of sp³-hybridized carbons (Fsp3) is 0.774. The van der Waals surface area contributed by atoms with Gasteiger partial charge in [-0.3, -0.25) is 10.0 Å².